The Hall–Kier alpha value is -1.55. The first-order valence-corrected chi connectivity index (χ1v) is 8.67. The van der Waals surface area contributed by atoms with Gasteiger partial charge < -0.3 is 15.1 Å². The second kappa shape index (κ2) is 7.82. The van der Waals surface area contributed by atoms with E-state index in [4.69, 9.17) is 0 Å². The largest absolute Gasteiger partial charge is 0.371 e. The summed E-state index contributed by atoms with van der Waals surface area (Å²) in [5.41, 5.74) is 3.71. The first-order chi connectivity index (χ1) is 10.9. The number of anilines is 1. The van der Waals surface area contributed by atoms with Crippen LogP contribution in [0.1, 0.15) is 43.7 Å². The molecule has 1 saturated heterocycles. The summed E-state index contributed by atoms with van der Waals surface area (Å²) in [5, 5.41) is 3.37. The van der Waals surface area contributed by atoms with Crippen LogP contribution in [0.15, 0.2) is 18.2 Å². The maximum absolute atomic E-state index is 12.2. The number of hydrogen-bond acceptors (Lipinski definition) is 3. The number of hydrogen-bond donors (Lipinski definition) is 1. The predicted octanol–water partition coefficient (Wildman–Crippen LogP) is 2.63. The molecule has 4 nitrogen and oxygen atoms in total. The number of rotatable bonds is 5. The smallest absolute Gasteiger partial charge is 0.226 e. The van der Waals surface area contributed by atoms with Crippen LogP contribution < -0.4 is 10.2 Å². The third kappa shape index (κ3) is 4.47. The SMILES string of the molecule is CNC1CCN(c2ccc(C(C)C)cc2CC(=O)N(C)C)CC1. The number of amides is 1. The highest BCUT2D eigenvalue weighted by Gasteiger charge is 2.21. The molecule has 0 atom stereocenters. The van der Waals surface area contributed by atoms with E-state index >= 15 is 0 Å². The normalized spacial score (nSPS) is 16.0. The van der Waals surface area contributed by atoms with Crippen molar-refractivity contribution in [1.82, 2.24) is 10.2 Å². The Morgan fingerprint density at radius 1 is 1.30 bits per heavy atom. The van der Waals surface area contributed by atoms with Gasteiger partial charge >= 0.3 is 0 Å². The quantitative estimate of drug-likeness (QED) is 0.907. The van der Waals surface area contributed by atoms with E-state index in [0.717, 1.165) is 31.5 Å². The summed E-state index contributed by atoms with van der Waals surface area (Å²) in [4.78, 5) is 16.3. The van der Waals surface area contributed by atoms with Crippen molar-refractivity contribution in [2.24, 2.45) is 0 Å². The average molecular weight is 317 g/mol. The van der Waals surface area contributed by atoms with Crippen molar-refractivity contribution >= 4 is 11.6 Å². The molecule has 1 aliphatic heterocycles. The summed E-state index contributed by atoms with van der Waals surface area (Å²) in [7, 11) is 5.69. The fourth-order valence-electron chi connectivity index (χ4n) is 3.14. The van der Waals surface area contributed by atoms with Crippen LogP contribution in [-0.4, -0.2) is 51.1 Å². The van der Waals surface area contributed by atoms with Crippen molar-refractivity contribution in [2.45, 2.75) is 45.1 Å². The van der Waals surface area contributed by atoms with Gasteiger partial charge in [-0.3, -0.25) is 4.79 Å². The summed E-state index contributed by atoms with van der Waals surface area (Å²) in [6.45, 7) is 6.50. The van der Waals surface area contributed by atoms with Gasteiger partial charge in [-0.1, -0.05) is 26.0 Å². The Kier molecular flexibility index (Phi) is 6.05. The fourth-order valence-corrected chi connectivity index (χ4v) is 3.14. The molecule has 1 N–H and O–H groups in total. The van der Waals surface area contributed by atoms with Gasteiger partial charge in [-0.05, 0) is 43.0 Å². The van der Waals surface area contributed by atoms with Gasteiger partial charge in [0, 0.05) is 38.9 Å². The van der Waals surface area contributed by atoms with Gasteiger partial charge in [-0.2, -0.15) is 0 Å². The highest BCUT2D eigenvalue weighted by Crippen LogP contribution is 2.28. The molecule has 0 aliphatic carbocycles. The molecule has 1 aliphatic rings. The van der Waals surface area contributed by atoms with Gasteiger partial charge in [0.25, 0.3) is 0 Å². The van der Waals surface area contributed by atoms with Crippen molar-refractivity contribution in [2.75, 3.05) is 39.1 Å². The van der Waals surface area contributed by atoms with E-state index in [9.17, 15) is 4.79 Å². The molecule has 128 valence electrons. The van der Waals surface area contributed by atoms with Crippen LogP contribution in [0.25, 0.3) is 0 Å². The lowest BCUT2D eigenvalue weighted by Gasteiger charge is -2.35. The predicted molar refractivity (Wildman–Crippen MR) is 97.2 cm³/mol. The second-order valence-electron chi connectivity index (χ2n) is 7.06. The Balaban J connectivity index is 2.25. The Bertz CT molecular complexity index is 531. The molecule has 0 radical (unpaired) electrons. The van der Waals surface area contributed by atoms with E-state index in [1.807, 2.05) is 21.1 Å². The summed E-state index contributed by atoms with van der Waals surface area (Å²) in [6, 6.07) is 7.28. The van der Waals surface area contributed by atoms with Crippen molar-refractivity contribution in [3.63, 3.8) is 0 Å². The molecule has 23 heavy (non-hydrogen) atoms. The molecule has 0 aromatic heterocycles. The molecule has 4 heteroatoms. The van der Waals surface area contributed by atoms with Crippen LogP contribution in [-0.2, 0) is 11.2 Å². The maximum Gasteiger partial charge on any atom is 0.226 e. The Morgan fingerprint density at radius 3 is 2.48 bits per heavy atom. The molecule has 1 fully saturated rings. The van der Waals surface area contributed by atoms with Crippen LogP contribution in [0.5, 0.6) is 0 Å². The van der Waals surface area contributed by atoms with E-state index < -0.39 is 0 Å². The topological polar surface area (TPSA) is 35.6 Å². The number of likely N-dealkylation sites (N-methyl/N-ethyl adjacent to an activating group) is 1. The number of nitrogens with zero attached hydrogens (tertiary/aromatic N) is 2. The molecule has 0 bridgehead atoms. The van der Waals surface area contributed by atoms with E-state index in [0.29, 0.717) is 18.4 Å². The zero-order chi connectivity index (χ0) is 17.0. The van der Waals surface area contributed by atoms with Crippen LogP contribution in [0.3, 0.4) is 0 Å². The zero-order valence-corrected chi connectivity index (χ0v) is 15.2. The molecule has 1 heterocycles. The first-order valence-electron chi connectivity index (χ1n) is 8.67. The maximum atomic E-state index is 12.2. The summed E-state index contributed by atoms with van der Waals surface area (Å²) in [5.74, 6) is 0.643. The molecule has 0 spiro atoms. The lowest BCUT2D eigenvalue weighted by Crippen LogP contribution is -2.41. The van der Waals surface area contributed by atoms with E-state index in [1.54, 1.807) is 4.90 Å². The van der Waals surface area contributed by atoms with E-state index in [1.165, 1.54) is 11.3 Å². The highest BCUT2D eigenvalue weighted by atomic mass is 16.2. The monoisotopic (exact) mass is 317 g/mol. The second-order valence-corrected chi connectivity index (χ2v) is 7.06. The standard InChI is InChI=1S/C19H31N3O/c1-14(2)15-6-7-18(16(12-15)13-19(23)21(4)5)22-10-8-17(20-3)9-11-22/h6-7,12,14,17,20H,8-11,13H2,1-5H3. The van der Waals surface area contributed by atoms with E-state index in [2.05, 4.69) is 42.3 Å². The van der Waals surface area contributed by atoms with Gasteiger partial charge in [0.1, 0.15) is 0 Å². The van der Waals surface area contributed by atoms with Gasteiger partial charge in [0.15, 0.2) is 0 Å². The lowest BCUT2D eigenvalue weighted by molar-refractivity contribution is -0.127. The third-order valence-electron chi connectivity index (χ3n) is 4.85. The zero-order valence-electron chi connectivity index (χ0n) is 15.2. The summed E-state index contributed by atoms with van der Waals surface area (Å²) < 4.78 is 0. The molecule has 1 aromatic carbocycles. The van der Waals surface area contributed by atoms with Crippen LogP contribution >= 0.6 is 0 Å². The van der Waals surface area contributed by atoms with Crippen molar-refractivity contribution < 1.29 is 4.79 Å². The molecule has 2 rings (SSSR count). The van der Waals surface area contributed by atoms with Gasteiger partial charge in [0.2, 0.25) is 5.91 Å². The number of piperidine rings is 1. The van der Waals surface area contributed by atoms with Crippen molar-refractivity contribution in [1.29, 1.82) is 0 Å². The average Bonchev–Trinajstić information content (AvgIpc) is 2.54. The molecule has 0 saturated carbocycles. The first kappa shape index (κ1) is 17.8. The molecule has 0 unspecified atom stereocenters. The number of benzene rings is 1. The van der Waals surface area contributed by atoms with Crippen LogP contribution in [0.4, 0.5) is 5.69 Å². The molecular formula is C19H31N3O. The molecule has 1 aromatic rings. The number of nitrogens with one attached hydrogen (secondary N) is 1. The minimum Gasteiger partial charge on any atom is -0.371 e. The highest BCUT2D eigenvalue weighted by molar-refractivity contribution is 5.80. The summed E-state index contributed by atoms with van der Waals surface area (Å²) >= 11 is 0. The third-order valence-corrected chi connectivity index (χ3v) is 4.85. The van der Waals surface area contributed by atoms with Gasteiger partial charge in [-0.15, -0.1) is 0 Å². The number of carbonyl (C=O) groups is 1. The number of carbonyl (C=O) groups excluding carboxylic acids is 1. The van der Waals surface area contributed by atoms with E-state index in [-0.39, 0.29) is 5.91 Å². The summed E-state index contributed by atoms with van der Waals surface area (Å²) in [6.07, 6.45) is 2.79. The Labute approximate surface area is 140 Å². The molecule has 1 amide bonds. The van der Waals surface area contributed by atoms with Gasteiger partial charge in [-0.25, -0.2) is 0 Å². The van der Waals surface area contributed by atoms with Gasteiger partial charge in [0.05, 0.1) is 6.42 Å². The lowest BCUT2D eigenvalue weighted by atomic mass is 9.96. The fraction of sp³-hybridized carbons (Fsp3) is 0.632. The minimum atomic E-state index is 0.164. The van der Waals surface area contributed by atoms with Crippen LogP contribution in [0.2, 0.25) is 0 Å². The van der Waals surface area contributed by atoms with Crippen molar-refractivity contribution in [3.05, 3.63) is 29.3 Å². The Morgan fingerprint density at radius 2 is 1.96 bits per heavy atom. The van der Waals surface area contributed by atoms with Crippen molar-refractivity contribution in [3.8, 4) is 0 Å². The van der Waals surface area contributed by atoms with Crippen LogP contribution in [0, 0.1) is 0 Å². The molecular weight excluding hydrogens is 286 g/mol. The minimum absolute atomic E-state index is 0.164.